The van der Waals surface area contributed by atoms with Crippen LogP contribution in [0.15, 0.2) is 24.3 Å². The number of alkyl carbamates (subject to hydrolysis) is 1. The molecule has 0 radical (unpaired) electrons. The molecule has 2 amide bonds. The first-order valence-electron chi connectivity index (χ1n) is 8.51. The van der Waals surface area contributed by atoms with E-state index in [9.17, 15) is 14.4 Å². The fourth-order valence-corrected chi connectivity index (χ4v) is 2.49. The second kappa shape index (κ2) is 9.60. The molecular formula is C20H25BrN2O5. The van der Waals surface area contributed by atoms with E-state index < -0.39 is 35.2 Å². The molecule has 0 spiro atoms. The summed E-state index contributed by atoms with van der Waals surface area (Å²) in [5.74, 6) is 1.61. The Morgan fingerprint density at radius 1 is 1.07 bits per heavy atom. The number of carbonyl (C=O) groups excluding carboxylic acids is 3. The Bertz CT molecular complexity index is 786. The maximum absolute atomic E-state index is 12.6. The van der Waals surface area contributed by atoms with E-state index in [-0.39, 0.29) is 0 Å². The van der Waals surface area contributed by atoms with Crippen LogP contribution in [-0.4, -0.2) is 42.3 Å². The van der Waals surface area contributed by atoms with Crippen molar-refractivity contribution in [1.82, 2.24) is 10.6 Å². The average Bonchev–Trinajstić information content (AvgIpc) is 2.57. The molecule has 0 aliphatic carbocycles. The van der Waals surface area contributed by atoms with E-state index in [1.54, 1.807) is 58.9 Å². The Morgan fingerprint density at radius 2 is 1.64 bits per heavy atom. The summed E-state index contributed by atoms with van der Waals surface area (Å²) in [5.41, 5.74) is -0.817. The number of halogens is 1. The second-order valence-corrected chi connectivity index (χ2v) is 7.97. The number of esters is 1. The van der Waals surface area contributed by atoms with Gasteiger partial charge in [-0.2, -0.15) is 0 Å². The van der Waals surface area contributed by atoms with Gasteiger partial charge in [-0.3, -0.25) is 4.79 Å². The van der Waals surface area contributed by atoms with Crippen molar-refractivity contribution in [1.29, 1.82) is 0 Å². The van der Waals surface area contributed by atoms with Crippen molar-refractivity contribution in [3.63, 3.8) is 0 Å². The molecule has 1 aromatic carbocycles. The first kappa shape index (κ1) is 23.5. The van der Waals surface area contributed by atoms with Gasteiger partial charge < -0.3 is 20.1 Å². The molecule has 0 fully saturated rings. The minimum atomic E-state index is -1.17. The molecule has 1 aromatic rings. The summed E-state index contributed by atoms with van der Waals surface area (Å²) >= 11 is 3.01. The van der Waals surface area contributed by atoms with Gasteiger partial charge in [-0.05, 0) is 63.7 Å². The van der Waals surface area contributed by atoms with Gasteiger partial charge in [0.15, 0.2) is 0 Å². The molecule has 0 saturated heterocycles. The van der Waals surface area contributed by atoms with Crippen LogP contribution in [0.1, 0.15) is 50.5 Å². The van der Waals surface area contributed by atoms with Gasteiger partial charge in [-0.1, -0.05) is 5.92 Å². The van der Waals surface area contributed by atoms with Crippen LogP contribution in [0.4, 0.5) is 4.79 Å². The minimum Gasteiger partial charge on any atom is -0.467 e. The van der Waals surface area contributed by atoms with Crippen molar-refractivity contribution < 1.29 is 23.9 Å². The number of nitrogens with one attached hydrogen (secondary N) is 2. The maximum Gasteiger partial charge on any atom is 0.408 e. The summed E-state index contributed by atoms with van der Waals surface area (Å²) in [6.07, 6.45) is -0.710. The Hall–Kier alpha value is -2.53. The fourth-order valence-electron chi connectivity index (χ4n) is 2.26. The predicted molar refractivity (Wildman–Crippen MR) is 109 cm³/mol. The lowest BCUT2D eigenvalue weighted by Crippen LogP contribution is -2.62. The van der Waals surface area contributed by atoms with E-state index in [2.05, 4.69) is 37.3 Å². The van der Waals surface area contributed by atoms with Crippen LogP contribution in [-0.2, 0) is 14.3 Å². The largest absolute Gasteiger partial charge is 0.467 e. The third-order valence-corrected chi connectivity index (χ3v) is 3.79. The minimum absolute atomic E-state index is 0.335. The van der Waals surface area contributed by atoms with E-state index >= 15 is 0 Å². The molecule has 0 aliphatic heterocycles. The van der Waals surface area contributed by atoms with Crippen LogP contribution >= 0.6 is 15.9 Å². The van der Waals surface area contributed by atoms with E-state index in [0.717, 1.165) is 5.56 Å². The van der Waals surface area contributed by atoms with Crippen molar-refractivity contribution in [2.24, 2.45) is 0 Å². The van der Waals surface area contributed by atoms with Gasteiger partial charge in [0.2, 0.25) is 0 Å². The van der Waals surface area contributed by atoms with Gasteiger partial charge in [-0.15, -0.1) is 0 Å². The lowest BCUT2D eigenvalue weighted by atomic mass is 9.94. The Morgan fingerprint density at radius 3 is 2.11 bits per heavy atom. The van der Waals surface area contributed by atoms with E-state index in [0.29, 0.717) is 5.56 Å². The third kappa shape index (κ3) is 7.24. The zero-order valence-electron chi connectivity index (χ0n) is 16.8. The highest BCUT2D eigenvalue weighted by Crippen LogP contribution is 2.15. The highest BCUT2D eigenvalue weighted by molar-refractivity contribution is 9.12. The summed E-state index contributed by atoms with van der Waals surface area (Å²) in [5, 5.41) is 5.23. The molecule has 0 heterocycles. The second-order valence-electron chi connectivity index (χ2n) is 7.58. The van der Waals surface area contributed by atoms with Crippen molar-refractivity contribution in [2.75, 3.05) is 7.11 Å². The summed E-state index contributed by atoms with van der Waals surface area (Å²) in [6.45, 7) is 8.36. The van der Waals surface area contributed by atoms with Gasteiger partial charge in [0.1, 0.15) is 11.6 Å². The summed E-state index contributed by atoms with van der Waals surface area (Å²) < 4.78 is 10.0. The van der Waals surface area contributed by atoms with Gasteiger partial charge in [-0.25, -0.2) is 9.59 Å². The molecule has 1 unspecified atom stereocenters. The SMILES string of the molecule is COC(=O)C(NC(=O)c1ccc(C#CBr)cc1)C(C)(C)NC(=O)OC(C)(C)C. The molecule has 2 N–H and O–H groups in total. The van der Waals surface area contributed by atoms with E-state index in [4.69, 9.17) is 9.47 Å². The van der Waals surface area contributed by atoms with Crippen LogP contribution < -0.4 is 10.6 Å². The fraction of sp³-hybridized carbons (Fsp3) is 0.450. The van der Waals surface area contributed by atoms with Crippen LogP contribution in [0.3, 0.4) is 0 Å². The molecule has 7 nitrogen and oxygen atoms in total. The van der Waals surface area contributed by atoms with Gasteiger partial charge >= 0.3 is 12.1 Å². The van der Waals surface area contributed by atoms with E-state index in [1.807, 2.05) is 0 Å². The Kier molecular flexibility index (Phi) is 8.06. The highest BCUT2D eigenvalue weighted by atomic mass is 79.9. The number of hydrogen-bond donors (Lipinski definition) is 2. The maximum atomic E-state index is 12.6. The molecule has 8 heteroatoms. The number of methoxy groups -OCH3 is 1. The molecule has 0 saturated carbocycles. The quantitative estimate of drug-likeness (QED) is 0.528. The normalized spacial score (nSPS) is 12.1. The van der Waals surface area contributed by atoms with Crippen molar-refractivity contribution in [3.8, 4) is 10.8 Å². The monoisotopic (exact) mass is 452 g/mol. The number of rotatable bonds is 5. The predicted octanol–water partition coefficient (Wildman–Crippen LogP) is 2.97. The first-order chi connectivity index (χ1) is 12.9. The van der Waals surface area contributed by atoms with Crippen molar-refractivity contribution in [3.05, 3.63) is 35.4 Å². The molecule has 0 aromatic heterocycles. The molecule has 1 atom stereocenters. The van der Waals surface area contributed by atoms with Gasteiger partial charge in [0.25, 0.3) is 5.91 Å². The zero-order valence-corrected chi connectivity index (χ0v) is 18.4. The molecule has 1 rings (SSSR count). The molecular weight excluding hydrogens is 428 g/mol. The number of ether oxygens (including phenoxy) is 2. The van der Waals surface area contributed by atoms with E-state index in [1.165, 1.54) is 7.11 Å². The summed E-state index contributed by atoms with van der Waals surface area (Å²) in [6, 6.07) is 5.40. The molecule has 0 bridgehead atoms. The lowest BCUT2D eigenvalue weighted by Gasteiger charge is -2.34. The number of benzene rings is 1. The molecule has 152 valence electrons. The summed E-state index contributed by atoms with van der Waals surface area (Å²) in [7, 11) is 1.21. The summed E-state index contributed by atoms with van der Waals surface area (Å²) in [4.78, 5) is 39.6. The van der Waals surface area contributed by atoms with Crippen LogP contribution in [0.5, 0.6) is 0 Å². The topological polar surface area (TPSA) is 93.7 Å². The number of amides is 2. The van der Waals surface area contributed by atoms with Gasteiger partial charge in [0.05, 0.1) is 12.6 Å². The van der Waals surface area contributed by atoms with Crippen molar-refractivity contribution in [2.45, 2.75) is 51.8 Å². The van der Waals surface area contributed by atoms with Gasteiger partial charge in [0, 0.05) is 27.1 Å². The van der Waals surface area contributed by atoms with Crippen LogP contribution in [0, 0.1) is 10.8 Å². The Labute approximate surface area is 173 Å². The standard InChI is InChI=1S/C20H25BrN2O5/c1-19(2,3)28-18(26)23-20(4,5)15(17(25)27-6)22-16(24)14-9-7-13(8-10-14)11-12-21/h7-10,15H,1-6H3,(H,22,24)(H,23,26). The van der Waals surface area contributed by atoms with Crippen molar-refractivity contribution >= 4 is 33.9 Å². The molecule has 28 heavy (non-hydrogen) atoms. The number of carbonyl (C=O) groups is 3. The Balaban J connectivity index is 3.00. The average molecular weight is 453 g/mol. The van der Waals surface area contributed by atoms with Crippen LogP contribution in [0.25, 0.3) is 0 Å². The highest BCUT2D eigenvalue weighted by Gasteiger charge is 2.39. The third-order valence-electron chi connectivity index (χ3n) is 3.60. The zero-order chi connectivity index (χ0) is 21.5. The first-order valence-corrected chi connectivity index (χ1v) is 9.30. The van der Waals surface area contributed by atoms with Crippen LogP contribution in [0.2, 0.25) is 0 Å². The number of hydrogen-bond acceptors (Lipinski definition) is 5. The smallest absolute Gasteiger partial charge is 0.408 e. The lowest BCUT2D eigenvalue weighted by molar-refractivity contribution is -0.144. The molecule has 0 aliphatic rings.